The molecule has 0 radical (unpaired) electrons. The van der Waals surface area contributed by atoms with Crippen molar-refractivity contribution in [2.45, 2.75) is 4.90 Å². The molecular formula is C16H18N4O3S3. The van der Waals surface area contributed by atoms with Gasteiger partial charge in [0.25, 0.3) is 0 Å². The Bertz CT molecular complexity index is 856. The fourth-order valence-electron chi connectivity index (χ4n) is 2.72. The zero-order valence-electron chi connectivity index (χ0n) is 14.0. The molecule has 1 fully saturated rings. The Morgan fingerprint density at radius 1 is 1.27 bits per heavy atom. The monoisotopic (exact) mass is 410 g/mol. The Hall–Kier alpha value is -1.54. The van der Waals surface area contributed by atoms with Crippen LogP contribution in [0.5, 0.6) is 0 Å². The third kappa shape index (κ3) is 4.23. The number of rotatable bonds is 4. The molecule has 2 aliphatic rings. The molecule has 2 aliphatic heterocycles. The van der Waals surface area contributed by atoms with Crippen molar-refractivity contribution in [2.75, 3.05) is 44.2 Å². The fraction of sp³-hybridized carbons (Fsp3) is 0.438. The molecular weight excluding hydrogens is 392 g/mol. The number of nitriles is 1. The minimum absolute atomic E-state index is 0.000303. The third-order valence-corrected chi connectivity index (χ3v) is 8.29. The molecule has 0 saturated carbocycles. The fourth-order valence-corrected chi connectivity index (χ4v) is 6.19. The lowest BCUT2D eigenvalue weighted by Crippen LogP contribution is -2.51. The minimum Gasteiger partial charge on any atom is -0.339 e. The van der Waals surface area contributed by atoms with Crippen LogP contribution in [0.1, 0.15) is 5.56 Å². The van der Waals surface area contributed by atoms with E-state index in [2.05, 4.69) is 4.99 Å². The summed E-state index contributed by atoms with van der Waals surface area (Å²) in [5, 5.41) is 9.14. The van der Waals surface area contributed by atoms with Crippen molar-refractivity contribution in [2.24, 2.45) is 4.99 Å². The van der Waals surface area contributed by atoms with Crippen molar-refractivity contribution >= 4 is 43.8 Å². The van der Waals surface area contributed by atoms with Gasteiger partial charge in [0.1, 0.15) is 10.4 Å². The predicted molar refractivity (Wildman–Crippen MR) is 104 cm³/mol. The van der Waals surface area contributed by atoms with Crippen LogP contribution < -0.4 is 0 Å². The van der Waals surface area contributed by atoms with Crippen LogP contribution in [0.15, 0.2) is 34.2 Å². The number of amides is 1. The van der Waals surface area contributed by atoms with Crippen LogP contribution in [0.25, 0.3) is 0 Å². The largest absolute Gasteiger partial charge is 0.339 e. The number of thioether (sulfide) groups is 2. The van der Waals surface area contributed by atoms with E-state index >= 15 is 0 Å². The zero-order valence-corrected chi connectivity index (χ0v) is 16.4. The van der Waals surface area contributed by atoms with Crippen molar-refractivity contribution in [3.63, 3.8) is 0 Å². The van der Waals surface area contributed by atoms with Gasteiger partial charge >= 0.3 is 0 Å². The molecule has 1 aromatic carbocycles. The molecule has 3 rings (SSSR count). The number of benzene rings is 1. The minimum atomic E-state index is -3.73. The lowest BCUT2D eigenvalue weighted by Gasteiger charge is -2.34. The van der Waals surface area contributed by atoms with E-state index < -0.39 is 10.0 Å². The average Bonchev–Trinajstić information content (AvgIpc) is 3.19. The highest BCUT2D eigenvalue weighted by atomic mass is 32.2. The van der Waals surface area contributed by atoms with E-state index in [1.807, 2.05) is 6.07 Å². The van der Waals surface area contributed by atoms with E-state index in [1.165, 1.54) is 28.2 Å². The number of sulfonamides is 1. The smallest absolute Gasteiger partial charge is 0.244 e. The van der Waals surface area contributed by atoms with Gasteiger partial charge in [0, 0.05) is 31.9 Å². The van der Waals surface area contributed by atoms with Crippen LogP contribution in [0.4, 0.5) is 0 Å². The molecule has 1 aromatic rings. The van der Waals surface area contributed by atoms with E-state index in [0.29, 0.717) is 18.8 Å². The van der Waals surface area contributed by atoms with Crippen molar-refractivity contribution in [1.82, 2.24) is 9.21 Å². The Balaban J connectivity index is 1.59. The zero-order chi connectivity index (χ0) is 18.6. The van der Waals surface area contributed by atoms with E-state index in [1.54, 1.807) is 28.8 Å². The van der Waals surface area contributed by atoms with E-state index in [4.69, 9.17) is 5.26 Å². The summed E-state index contributed by atoms with van der Waals surface area (Å²) in [4.78, 5) is 18.3. The molecule has 0 spiro atoms. The standard InChI is InChI=1S/C16H18N4O3S3/c17-11-13-3-1-2-4-14(13)26(22,23)20-8-6-19(7-9-20)15(21)12-25-16-18-5-10-24-16/h1-4H,5-10,12H2. The summed E-state index contributed by atoms with van der Waals surface area (Å²) >= 11 is 3.11. The molecule has 0 bridgehead atoms. The first-order valence-corrected chi connectivity index (χ1v) is 11.5. The second kappa shape index (κ2) is 8.43. The van der Waals surface area contributed by atoms with Crippen molar-refractivity contribution in [3.05, 3.63) is 29.8 Å². The molecule has 0 N–H and O–H groups in total. The first kappa shape index (κ1) is 19.2. The number of piperazine rings is 1. The van der Waals surface area contributed by atoms with Gasteiger partial charge in [-0.1, -0.05) is 35.7 Å². The first-order chi connectivity index (χ1) is 12.5. The van der Waals surface area contributed by atoms with E-state index in [9.17, 15) is 13.2 Å². The summed E-state index contributed by atoms with van der Waals surface area (Å²) in [6.07, 6.45) is 0. The van der Waals surface area contributed by atoms with Crippen LogP contribution in [-0.2, 0) is 14.8 Å². The molecule has 0 aromatic heterocycles. The van der Waals surface area contributed by atoms with Crippen molar-refractivity contribution in [3.8, 4) is 6.07 Å². The van der Waals surface area contributed by atoms with Crippen LogP contribution in [-0.4, -0.2) is 72.1 Å². The Labute approximate surface area is 161 Å². The summed E-state index contributed by atoms with van der Waals surface area (Å²) in [5.74, 6) is 1.30. The van der Waals surface area contributed by atoms with Crippen LogP contribution >= 0.6 is 23.5 Å². The van der Waals surface area contributed by atoms with Gasteiger partial charge in [-0.05, 0) is 12.1 Å². The van der Waals surface area contributed by atoms with E-state index in [0.717, 1.165) is 16.7 Å². The molecule has 0 aliphatic carbocycles. The highest BCUT2D eigenvalue weighted by Gasteiger charge is 2.31. The maximum Gasteiger partial charge on any atom is 0.244 e. The van der Waals surface area contributed by atoms with Gasteiger partial charge in [0.05, 0.1) is 22.8 Å². The number of nitrogens with zero attached hydrogens (tertiary/aromatic N) is 4. The molecule has 0 unspecified atom stereocenters. The van der Waals surface area contributed by atoms with Gasteiger partial charge in [-0.3, -0.25) is 9.79 Å². The SMILES string of the molecule is N#Cc1ccccc1S(=O)(=O)N1CCN(C(=O)CSC2=NCCS2)CC1. The average molecular weight is 411 g/mol. The lowest BCUT2D eigenvalue weighted by atomic mass is 10.2. The number of hydrogen-bond acceptors (Lipinski definition) is 7. The molecule has 2 heterocycles. The van der Waals surface area contributed by atoms with Crippen LogP contribution in [0, 0.1) is 11.3 Å². The summed E-state index contributed by atoms with van der Waals surface area (Å²) in [5.41, 5.74) is 0.136. The third-order valence-electron chi connectivity index (χ3n) is 4.09. The number of carbonyl (C=O) groups excluding carboxylic acids is 1. The van der Waals surface area contributed by atoms with Crippen molar-refractivity contribution < 1.29 is 13.2 Å². The van der Waals surface area contributed by atoms with E-state index in [-0.39, 0.29) is 29.5 Å². The maximum atomic E-state index is 12.8. The van der Waals surface area contributed by atoms with Gasteiger partial charge < -0.3 is 4.90 Å². The summed E-state index contributed by atoms with van der Waals surface area (Å²) in [7, 11) is -3.73. The van der Waals surface area contributed by atoms with Gasteiger partial charge in [-0.2, -0.15) is 9.57 Å². The summed E-state index contributed by atoms with van der Waals surface area (Å²) in [6, 6.07) is 8.11. The molecule has 0 atom stereocenters. The Kier molecular flexibility index (Phi) is 6.24. The first-order valence-electron chi connectivity index (χ1n) is 8.09. The van der Waals surface area contributed by atoms with Gasteiger partial charge in [-0.25, -0.2) is 8.42 Å². The van der Waals surface area contributed by atoms with Crippen LogP contribution in [0.3, 0.4) is 0 Å². The lowest BCUT2D eigenvalue weighted by molar-refractivity contribution is -0.129. The highest BCUT2D eigenvalue weighted by Crippen LogP contribution is 2.23. The predicted octanol–water partition coefficient (Wildman–Crippen LogP) is 1.23. The number of aliphatic imine (C=N–C) groups is 1. The highest BCUT2D eigenvalue weighted by molar-refractivity contribution is 8.39. The number of carbonyl (C=O) groups is 1. The van der Waals surface area contributed by atoms with Gasteiger partial charge in [0.15, 0.2) is 0 Å². The quantitative estimate of drug-likeness (QED) is 0.741. The second-order valence-electron chi connectivity index (χ2n) is 5.68. The molecule has 138 valence electrons. The molecule has 26 heavy (non-hydrogen) atoms. The topological polar surface area (TPSA) is 93.8 Å². The second-order valence-corrected chi connectivity index (χ2v) is 9.89. The normalized spacial score (nSPS) is 18.4. The van der Waals surface area contributed by atoms with Gasteiger partial charge in [0.2, 0.25) is 15.9 Å². The Morgan fingerprint density at radius 3 is 2.65 bits per heavy atom. The molecule has 1 amide bonds. The summed E-state index contributed by atoms with van der Waals surface area (Å²) in [6.45, 7) is 1.98. The van der Waals surface area contributed by atoms with Crippen molar-refractivity contribution in [1.29, 1.82) is 5.26 Å². The summed E-state index contributed by atoms with van der Waals surface area (Å²) < 4.78 is 27.9. The van der Waals surface area contributed by atoms with Gasteiger partial charge in [-0.15, -0.1) is 0 Å². The molecule has 10 heteroatoms. The van der Waals surface area contributed by atoms with Crippen LogP contribution in [0.2, 0.25) is 0 Å². The molecule has 7 nitrogen and oxygen atoms in total. The molecule has 1 saturated heterocycles. The maximum absolute atomic E-state index is 12.8. The Morgan fingerprint density at radius 2 is 2.00 bits per heavy atom. The number of hydrogen-bond donors (Lipinski definition) is 0.